The van der Waals surface area contributed by atoms with Crippen molar-refractivity contribution in [3.05, 3.63) is 0 Å². The third-order valence-electron chi connectivity index (χ3n) is 1.88. The molecule has 1 N–H and O–H groups in total. The van der Waals surface area contributed by atoms with Crippen LogP contribution >= 0.6 is 11.8 Å². The summed E-state index contributed by atoms with van der Waals surface area (Å²) in [5, 5.41) is 3.25. The fraction of sp³-hybridized carbons (Fsp3) is 0.917. The Morgan fingerprint density at radius 1 is 1.25 bits per heavy atom. The van der Waals surface area contributed by atoms with Crippen molar-refractivity contribution in [1.82, 2.24) is 5.32 Å². The van der Waals surface area contributed by atoms with Crippen LogP contribution < -0.4 is 5.32 Å². The highest BCUT2D eigenvalue weighted by molar-refractivity contribution is 7.98. The molecule has 0 spiro atoms. The molecule has 0 aliphatic heterocycles. The quantitative estimate of drug-likeness (QED) is 0.528. The van der Waals surface area contributed by atoms with Crippen LogP contribution in [-0.2, 0) is 9.53 Å². The van der Waals surface area contributed by atoms with Crippen molar-refractivity contribution in [3.63, 3.8) is 0 Å². The Balaban J connectivity index is 3.28. The molecule has 0 unspecified atom stereocenters. The lowest BCUT2D eigenvalue weighted by Gasteiger charge is -2.19. The van der Waals surface area contributed by atoms with Crippen molar-refractivity contribution < 1.29 is 9.53 Å². The van der Waals surface area contributed by atoms with Gasteiger partial charge >= 0.3 is 5.97 Å². The number of hydrogen-bond donors (Lipinski definition) is 1. The van der Waals surface area contributed by atoms with Crippen LogP contribution in [0.5, 0.6) is 0 Å². The maximum Gasteiger partial charge on any atom is 0.307 e. The molecule has 0 fully saturated rings. The summed E-state index contributed by atoms with van der Waals surface area (Å²) in [5.41, 5.74) is -0.366. The second kappa shape index (κ2) is 8.88. The Morgan fingerprint density at radius 2 is 1.94 bits per heavy atom. The summed E-state index contributed by atoms with van der Waals surface area (Å²) in [4.78, 5) is 11.3. The first-order valence-corrected chi connectivity index (χ1v) is 7.26. The van der Waals surface area contributed by atoms with Gasteiger partial charge in [0.1, 0.15) is 5.60 Å². The minimum absolute atomic E-state index is 0.121. The zero-order valence-electron chi connectivity index (χ0n) is 11.0. The summed E-state index contributed by atoms with van der Waals surface area (Å²) in [6.45, 7) is 7.37. The first kappa shape index (κ1) is 15.8. The molecule has 0 saturated heterocycles. The van der Waals surface area contributed by atoms with Gasteiger partial charge in [-0.25, -0.2) is 0 Å². The van der Waals surface area contributed by atoms with Gasteiger partial charge in [-0.15, -0.1) is 0 Å². The molecule has 0 heterocycles. The predicted molar refractivity (Wildman–Crippen MR) is 70.9 cm³/mol. The number of ether oxygens (including phenoxy) is 1. The van der Waals surface area contributed by atoms with E-state index < -0.39 is 0 Å². The van der Waals surface area contributed by atoms with E-state index in [1.807, 2.05) is 32.5 Å². The average molecular weight is 247 g/mol. The molecule has 0 atom stereocenters. The van der Waals surface area contributed by atoms with Gasteiger partial charge in [0, 0.05) is 6.54 Å². The van der Waals surface area contributed by atoms with Gasteiger partial charge in [0.05, 0.1) is 6.42 Å². The van der Waals surface area contributed by atoms with Gasteiger partial charge in [-0.05, 0) is 52.2 Å². The number of nitrogens with one attached hydrogen (secondary N) is 1. The van der Waals surface area contributed by atoms with Crippen LogP contribution in [0.4, 0.5) is 0 Å². The van der Waals surface area contributed by atoms with E-state index in [1.54, 1.807) is 0 Å². The number of carbonyl (C=O) groups is 1. The average Bonchev–Trinajstić information content (AvgIpc) is 2.13. The third kappa shape index (κ3) is 11.9. The van der Waals surface area contributed by atoms with Gasteiger partial charge in [0.2, 0.25) is 0 Å². The van der Waals surface area contributed by atoms with Gasteiger partial charge in [-0.2, -0.15) is 11.8 Å². The number of esters is 1. The van der Waals surface area contributed by atoms with E-state index in [0.717, 1.165) is 6.54 Å². The summed E-state index contributed by atoms with van der Waals surface area (Å²) in [6, 6.07) is 0. The first-order valence-electron chi connectivity index (χ1n) is 5.87. The Morgan fingerprint density at radius 3 is 2.50 bits per heavy atom. The van der Waals surface area contributed by atoms with Crippen molar-refractivity contribution in [2.75, 3.05) is 25.1 Å². The second-order valence-electron chi connectivity index (χ2n) is 4.79. The summed E-state index contributed by atoms with van der Waals surface area (Å²) in [7, 11) is 0. The number of unbranched alkanes of at least 4 members (excludes halogenated alkanes) is 1. The van der Waals surface area contributed by atoms with Crippen molar-refractivity contribution in [1.29, 1.82) is 0 Å². The minimum atomic E-state index is -0.366. The van der Waals surface area contributed by atoms with Crippen LogP contribution in [-0.4, -0.2) is 36.7 Å². The summed E-state index contributed by atoms with van der Waals surface area (Å²) >= 11 is 1.87. The molecule has 0 radical (unpaired) electrons. The lowest BCUT2D eigenvalue weighted by molar-refractivity contribution is -0.154. The van der Waals surface area contributed by atoms with Gasteiger partial charge in [-0.3, -0.25) is 4.79 Å². The molecule has 0 saturated carbocycles. The molecule has 4 heteroatoms. The Bertz CT molecular complexity index is 190. The van der Waals surface area contributed by atoms with Crippen LogP contribution in [0.15, 0.2) is 0 Å². The lowest BCUT2D eigenvalue weighted by atomic mass is 10.2. The third-order valence-corrected chi connectivity index (χ3v) is 2.57. The molecule has 0 aliphatic carbocycles. The highest BCUT2D eigenvalue weighted by atomic mass is 32.2. The first-order chi connectivity index (χ1) is 7.45. The topological polar surface area (TPSA) is 38.3 Å². The van der Waals surface area contributed by atoms with Crippen LogP contribution in [0.2, 0.25) is 0 Å². The van der Waals surface area contributed by atoms with Crippen LogP contribution in [0, 0.1) is 0 Å². The largest absolute Gasteiger partial charge is 0.460 e. The summed E-state index contributed by atoms with van der Waals surface area (Å²) in [5.74, 6) is 1.09. The molecule has 0 aromatic rings. The van der Waals surface area contributed by atoms with Gasteiger partial charge in [-0.1, -0.05) is 0 Å². The molecule has 0 bridgehead atoms. The number of hydrogen-bond acceptors (Lipinski definition) is 4. The van der Waals surface area contributed by atoms with Gasteiger partial charge in [0.25, 0.3) is 0 Å². The molecule has 0 aromatic carbocycles. The van der Waals surface area contributed by atoms with E-state index in [1.165, 1.54) is 18.6 Å². The van der Waals surface area contributed by atoms with Gasteiger partial charge < -0.3 is 10.1 Å². The number of rotatable bonds is 8. The fourth-order valence-electron chi connectivity index (χ4n) is 1.20. The highest BCUT2D eigenvalue weighted by Gasteiger charge is 2.15. The minimum Gasteiger partial charge on any atom is -0.460 e. The number of thioether (sulfide) groups is 1. The Hall–Kier alpha value is -0.220. The van der Waals surface area contributed by atoms with E-state index in [0.29, 0.717) is 13.0 Å². The van der Waals surface area contributed by atoms with Crippen LogP contribution in [0.3, 0.4) is 0 Å². The zero-order chi connectivity index (χ0) is 12.4. The van der Waals surface area contributed by atoms with E-state index in [-0.39, 0.29) is 11.6 Å². The zero-order valence-corrected chi connectivity index (χ0v) is 11.8. The van der Waals surface area contributed by atoms with E-state index in [9.17, 15) is 4.79 Å². The van der Waals surface area contributed by atoms with Crippen LogP contribution in [0.1, 0.15) is 40.0 Å². The molecule has 16 heavy (non-hydrogen) atoms. The molecule has 0 amide bonds. The predicted octanol–water partition coefficient (Wildman–Crippen LogP) is 2.45. The van der Waals surface area contributed by atoms with Crippen molar-refractivity contribution >= 4 is 17.7 Å². The standard InChI is InChI=1S/C12H25NO2S/c1-12(2,3)15-11(14)7-9-13-8-5-6-10-16-4/h13H,5-10H2,1-4H3. The second-order valence-corrected chi connectivity index (χ2v) is 5.77. The van der Waals surface area contributed by atoms with E-state index in [2.05, 4.69) is 11.6 Å². The highest BCUT2D eigenvalue weighted by Crippen LogP contribution is 2.07. The van der Waals surface area contributed by atoms with Crippen molar-refractivity contribution in [3.8, 4) is 0 Å². The molecule has 3 nitrogen and oxygen atoms in total. The smallest absolute Gasteiger partial charge is 0.307 e. The van der Waals surface area contributed by atoms with Gasteiger partial charge in [0.15, 0.2) is 0 Å². The number of carbonyl (C=O) groups excluding carboxylic acids is 1. The fourth-order valence-corrected chi connectivity index (χ4v) is 1.70. The monoisotopic (exact) mass is 247 g/mol. The molecule has 0 aromatic heterocycles. The maximum absolute atomic E-state index is 11.3. The molecule has 0 rings (SSSR count). The SMILES string of the molecule is CSCCCCNCCC(=O)OC(C)(C)C. The Kier molecular flexibility index (Phi) is 8.76. The molecular weight excluding hydrogens is 222 g/mol. The molecule has 0 aliphatic rings. The molecule has 96 valence electrons. The Labute approximate surface area is 104 Å². The molecular formula is C12H25NO2S. The summed E-state index contributed by atoms with van der Waals surface area (Å²) in [6.07, 6.45) is 4.99. The van der Waals surface area contributed by atoms with Crippen molar-refractivity contribution in [2.45, 2.75) is 45.6 Å². The normalized spacial score (nSPS) is 11.5. The van der Waals surface area contributed by atoms with Crippen LogP contribution in [0.25, 0.3) is 0 Å². The summed E-state index contributed by atoms with van der Waals surface area (Å²) < 4.78 is 5.20. The van der Waals surface area contributed by atoms with E-state index >= 15 is 0 Å². The van der Waals surface area contributed by atoms with E-state index in [4.69, 9.17) is 4.74 Å². The maximum atomic E-state index is 11.3. The van der Waals surface area contributed by atoms with Crippen molar-refractivity contribution in [2.24, 2.45) is 0 Å². The lowest BCUT2D eigenvalue weighted by Crippen LogP contribution is -2.27.